The van der Waals surface area contributed by atoms with Crippen molar-refractivity contribution in [3.8, 4) is 5.75 Å². The highest BCUT2D eigenvalue weighted by molar-refractivity contribution is 9.10. The van der Waals surface area contributed by atoms with E-state index in [-0.39, 0.29) is 30.9 Å². The highest BCUT2D eigenvalue weighted by Crippen LogP contribution is 2.44. The third kappa shape index (κ3) is 4.21. The van der Waals surface area contributed by atoms with E-state index in [0.29, 0.717) is 20.5 Å². The van der Waals surface area contributed by atoms with Crippen LogP contribution in [0.5, 0.6) is 5.75 Å². The Balaban J connectivity index is 1.97. The summed E-state index contributed by atoms with van der Waals surface area (Å²) in [6.07, 6.45) is -5.70. The number of fused-ring (bicyclic) bond motifs is 1. The largest absolute Gasteiger partial charge is 0.495 e. The monoisotopic (exact) mass is 443 g/mol. The molecule has 0 radical (unpaired) electrons. The molecule has 1 amide bonds. The minimum Gasteiger partial charge on any atom is -0.495 e. The second-order valence-corrected chi connectivity index (χ2v) is 7.04. The number of anilines is 1. The standard InChI is InChI=1S/C19H17BrF3NO3/c1-26-15-10-14(20)9-13-7-8-16(19(21,22)23)24(17(13)15)18(25)27-11-12-5-3-2-4-6-12/h2-6,9-10,16H,7-8,11H2,1H3. The minimum absolute atomic E-state index is 0.104. The molecule has 0 N–H and O–H groups in total. The van der Waals surface area contributed by atoms with E-state index in [9.17, 15) is 18.0 Å². The van der Waals surface area contributed by atoms with Crippen LogP contribution in [0.4, 0.5) is 23.7 Å². The van der Waals surface area contributed by atoms with Crippen LogP contribution in [0.3, 0.4) is 0 Å². The van der Waals surface area contributed by atoms with Gasteiger partial charge in [0, 0.05) is 4.47 Å². The van der Waals surface area contributed by atoms with E-state index in [1.165, 1.54) is 13.2 Å². The number of rotatable bonds is 3. The number of methoxy groups -OCH3 is 1. The van der Waals surface area contributed by atoms with Crippen LogP contribution in [0.15, 0.2) is 46.9 Å². The van der Waals surface area contributed by atoms with Crippen LogP contribution in [-0.4, -0.2) is 25.4 Å². The molecule has 0 saturated carbocycles. The van der Waals surface area contributed by atoms with Gasteiger partial charge in [-0.15, -0.1) is 0 Å². The first-order chi connectivity index (χ1) is 12.8. The molecule has 3 rings (SSSR count). The topological polar surface area (TPSA) is 38.8 Å². The number of halogens is 4. The van der Waals surface area contributed by atoms with Gasteiger partial charge in [0.1, 0.15) is 18.4 Å². The molecule has 4 nitrogen and oxygen atoms in total. The predicted octanol–water partition coefficient (Wildman–Crippen LogP) is 5.48. The summed E-state index contributed by atoms with van der Waals surface area (Å²) >= 11 is 3.32. The van der Waals surface area contributed by atoms with Crippen molar-refractivity contribution in [3.05, 3.63) is 58.1 Å². The van der Waals surface area contributed by atoms with Gasteiger partial charge in [0.2, 0.25) is 0 Å². The summed E-state index contributed by atoms with van der Waals surface area (Å²) in [6.45, 7) is -0.116. The quantitative estimate of drug-likeness (QED) is 0.630. The number of carbonyl (C=O) groups is 1. The fraction of sp³-hybridized carbons (Fsp3) is 0.316. The normalized spacial score (nSPS) is 16.6. The van der Waals surface area contributed by atoms with Gasteiger partial charge in [-0.1, -0.05) is 46.3 Å². The van der Waals surface area contributed by atoms with Gasteiger partial charge in [0.15, 0.2) is 0 Å². The van der Waals surface area contributed by atoms with Crippen LogP contribution in [0, 0.1) is 0 Å². The Morgan fingerprint density at radius 3 is 2.59 bits per heavy atom. The third-order valence-electron chi connectivity index (χ3n) is 4.36. The summed E-state index contributed by atoms with van der Waals surface area (Å²) in [6, 6.07) is 10.1. The lowest BCUT2D eigenvalue weighted by Gasteiger charge is -2.38. The van der Waals surface area contributed by atoms with Crippen LogP contribution in [0.2, 0.25) is 0 Å². The Morgan fingerprint density at radius 1 is 1.26 bits per heavy atom. The molecule has 0 aromatic heterocycles. The Morgan fingerprint density at radius 2 is 1.96 bits per heavy atom. The van der Waals surface area contributed by atoms with Gasteiger partial charge in [-0.25, -0.2) is 4.79 Å². The van der Waals surface area contributed by atoms with Gasteiger partial charge in [0.05, 0.1) is 12.8 Å². The zero-order valence-electron chi connectivity index (χ0n) is 14.4. The van der Waals surface area contributed by atoms with E-state index >= 15 is 0 Å². The van der Waals surface area contributed by atoms with Gasteiger partial charge < -0.3 is 9.47 Å². The molecule has 0 fully saturated rings. The number of nitrogens with zero attached hydrogens (tertiary/aromatic N) is 1. The predicted molar refractivity (Wildman–Crippen MR) is 98.0 cm³/mol. The maximum absolute atomic E-state index is 13.6. The van der Waals surface area contributed by atoms with Gasteiger partial charge >= 0.3 is 12.3 Å². The summed E-state index contributed by atoms with van der Waals surface area (Å²) in [5.41, 5.74) is 1.39. The molecule has 2 aromatic rings. The fourth-order valence-electron chi connectivity index (χ4n) is 3.14. The van der Waals surface area contributed by atoms with Crippen molar-refractivity contribution in [1.82, 2.24) is 0 Å². The van der Waals surface area contributed by atoms with Crippen LogP contribution >= 0.6 is 15.9 Å². The summed E-state index contributed by atoms with van der Waals surface area (Å²) in [4.78, 5) is 13.4. The number of carbonyl (C=O) groups excluding carboxylic acids is 1. The molecule has 8 heteroatoms. The van der Waals surface area contributed by atoms with Crippen molar-refractivity contribution in [2.24, 2.45) is 0 Å². The second-order valence-electron chi connectivity index (χ2n) is 6.12. The number of alkyl halides is 3. The first-order valence-electron chi connectivity index (χ1n) is 8.24. The lowest BCUT2D eigenvalue weighted by atomic mass is 9.95. The van der Waals surface area contributed by atoms with Crippen molar-refractivity contribution in [2.45, 2.75) is 31.7 Å². The van der Waals surface area contributed by atoms with Crippen molar-refractivity contribution >= 4 is 27.7 Å². The molecule has 144 valence electrons. The van der Waals surface area contributed by atoms with E-state index in [2.05, 4.69) is 15.9 Å². The first kappa shape index (κ1) is 19.5. The Labute approximate surface area is 163 Å². The maximum Gasteiger partial charge on any atom is 0.415 e. The molecule has 27 heavy (non-hydrogen) atoms. The highest BCUT2D eigenvalue weighted by Gasteiger charge is 2.49. The zero-order chi connectivity index (χ0) is 19.6. The van der Waals surface area contributed by atoms with Crippen molar-refractivity contribution in [3.63, 3.8) is 0 Å². The molecule has 1 unspecified atom stereocenters. The summed E-state index contributed by atoms with van der Waals surface area (Å²) in [5.74, 6) is 0.185. The first-order valence-corrected chi connectivity index (χ1v) is 9.03. The molecule has 0 bridgehead atoms. The Hall–Kier alpha value is -2.22. The zero-order valence-corrected chi connectivity index (χ0v) is 16.0. The molecule has 1 aliphatic rings. The molecular weight excluding hydrogens is 427 g/mol. The van der Waals surface area contributed by atoms with E-state index < -0.39 is 18.3 Å². The summed E-state index contributed by atoms with van der Waals surface area (Å²) in [5, 5.41) is 0. The molecular formula is C19H17BrF3NO3. The van der Waals surface area contributed by atoms with Gasteiger partial charge in [-0.05, 0) is 36.1 Å². The summed E-state index contributed by atoms with van der Waals surface area (Å²) < 4.78 is 52.0. The number of hydrogen-bond donors (Lipinski definition) is 0. The smallest absolute Gasteiger partial charge is 0.415 e. The van der Waals surface area contributed by atoms with Crippen LogP contribution in [-0.2, 0) is 17.8 Å². The highest BCUT2D eigenvalue weighted by atomic mass is 79.9. The van der Waals surface area contributed by atoms with Crippen LogP contribution < -0.4 is 9.64 Å². The van der Waals surface area contributed by atoms with Crippen LogP contribution in [0.25, 0.3) is 0 Å². The average molecular weight is 444 g/mol. The van der Waals surface area contributed by atoms with Gasteiger partial charge in [-0.3, -0.25) is 4.90 Å². The average Bonchev–Trinajstić information content (AvgIpc) is 2.64. The molecule has 1 atom stereocenters. The molecule has 0 saturated heterocycles. The molecule has 0 aliphatic carbocycles. The number of ether oxygens (including phenoxy) is 2. The Kier molecular flexibility index (Phi) is 5.64. The van der Waals surface area contributed by atoms with Crippen molar-refractivity contribution in [2.75, 3.05) is 12.0 Å². The SMILES string of the molecule is COc1cc(Br)cc2c1N(C(=O)OCc1ccccc1)C(C(F)(F)F)CC2. The molecule has 1 heterocycles. The van der Waals surface area contributed by atoms with Crippen molar-refractivity contribution in [1.29, 1.82) is 0 Å². The van der Waals surface area contributed by atoms with E-state index in [1.54, 1.807) is 36.4 Å². The molecule has 1 aliphatic heterocycles. The van der Waals surface area contributed by atoms with Gasteiger partial charge in [-0.2, -0.15) is 13.2 Å². The minimum atomic E-state index is -4.58. The third-order valence-corrected chi connectivity index (χ3v) is 4.82. The van der Waals surface area contributed by atoms with Crippen molar-refractivity contribution < 1.29 is 27.4 Å². The molecule has 0 spiro atoms. The van der Waals surface area contributed by atoms with Crippen LogP contribution in [0.1, 0.15) is 17.5 Å². The summed E-state index contributed by atoms with van der Waals surface area (Å²) in [7, 11) is 1.35. The molecule has 2 aromatic carbocycles. The number of amides is 1. The number of benzene rings is 2. The lowest BCUT2D eigenvalue weighted by Crippen LogP contribution is -2.52. The van der Waals surface area contributed by atoms with E-state index in [0.717, 1.165) is 0 Å². The number of hydrogen-bond acceptors (Lipinski definition) is 3. The maximum atomic E-state index is 13.6. The van der Waals surface area contributed by atoms with Gasteiger partial charge in [0.25, 0.3) is 0 Å². The lowest BCUT2D eigenvalue weighted by molar-refractivity contribution is -0.150. The number of aryl methyl sites for hydroxylation is 1. The van der Waals surface area contributed by atoms with E-state index in [1.807, 2.05) is 0 Å². The van der Waals surface area contributed by atoms with E-state index in [4.69, 9.17) is 9.47 Å². The second kappa shape index (κ2) is 7.80. The Bertz CT molecular complexity index is 810. The fourth-order valence-corrected chi connectivity index (χ4v) is 3.63.